The zero-order valence-electron chi connectivity index (χ0n) is 20.1. The zero-order chi connectivity index (χ0) is 25.7. The molecule has 184 valence electrons. The van der Waals surface area contributed by atoms with Crippen molar-refractivity contribution in [2.75, 3.05) is 13.6 Å². The first-order valence-corrected chi connectivity index (χ1v) is 11.7. The van der Waals surface area contributed by atoms with Gasteiger partial charge in [0.15, 0.2) is 0 Å². The molecule has 0 aliphatic carbocycles. The number of halogens is 2. The summed E-state index contributed by atoms with van der Waals surface area (Å²) >= 11 is 6.01. The molecule has 2 amide bonds. The normalized spacial score (nSPS) is 17.8. The average Bonchev–Trinajstić information content (AvgIpc) is 2.83. The SMILES string of the molecule is C=C(/C=N\C(N)=C(/C)c1ccc(C(=O)N[C@H](C)c2cccc(Cl)c2)c(F)c1)[C@@H]1CCN(C)C(=O)C1. The molecule has 0 aromatic heterocycles. The molecule has 0 spiro atoms. The number of piperidine rings is 1. The third-order valence-corrected chi connectivity index (χ3v) is 6.52. The number of carbonyl (C=O) groups excluding carboxylic acids is 2. The zero-order valence-corrected chi connectivity index (χ0v) is 20.9. The minimum Gasteiger partial charge on any atom is -0.383 e. The Labute approximate surface area is 210 Å². The van der Waals surface area contributed by atoms with Crippen molar-refractivity contribution < 1.29 is 14.0 Å². The van der Waals surface area contributed by atoms with Crippen LogP contribution in [0.3, 0.4) is 0 Å². The molecule has 0 radical (unpaired) electrons. The third kappa shape index (κ3) is 6.57. The van der Waals surface area contributed by atoms with Crippen molar-refractivity contribution in [1.82, 2.24) is 10.2 Å². The lowest BCUT2D eigenvalue weighted by atomic mass is 9.90. The topological polar surface area (TPSA) is 87.8 Å². The van der Waals surface area contributed by atoms with Crippen LogP contribution in [0.5, 0.6) is 0 Å². The number of nitrogens with two attached hydrogens (primary N) is 1. The first kappa shape index (κ1) is 26.2. The number of hydrogen-bond acceptors (Lipinski definition) is 4. The maximum absolute atomic E-state index is 14.8. The van der Waals surface area contributed by atoms with Gasteiger partial charge in [0.05, 0.1) is 11.6 Å². The van der Waals surface area contributed by atoms with Crippen LogP contribution in [0.2, 0.25) is 5.02 Å². The van der Waals surface area contributed by atoms with E-state index in [4.69, 9.17) is 17.3 Å². The molecule has 1 fully saturated rings. The molecule has 0 bridgehead atoms. The van der Waals surface area contributed by atoms with Crippen molar-refractivity contribution in [2.24, 2.45) is 16.6 Å². The van der Waals surface area contributed by atoms with Crippen molar-refractivity contribution in [3.05, 3.63) is 88.0 Å². The number of nitrogens with zero attached hydrogens (tertiary/aromatic N) is 2. The summed E-state index contributed by atoms with van der Waals surface area (Å²) in [7, 11) is 1.79. The number of hydrogen-bond donors (Lipinski definition) is 2. The number of benzene rings is 2. The molecule has 2 aromatic rings. The Morgan fingerprint density at radius 3 is 2.74 bits per heavy atom. The number of aliphatic imine (C=N–C) groups is 1. The second-order valence-corrected chi connectivity index (χ2v) is 9.23. The van der Waals surface area contributed by atoms with E-state index in [9.17, 15) is 14.0 Å². The second-order valence-electron chi connectivity index (χ2n) is 8.79. The van der Waals surface area contributed by atoms with Crippen molar-refractivity contribution in [1.29, 1.82) is 0 Å². The number of amides is 2. The number of likely N-dealkylation sites (tertiary alicyclic amines) is 1. The first-order chi connectivity index (χ1) is 16.6. The Morgan fingerprint density at radius 1 is 1.34 bits per heavy atom. The van der Waals surface area contributed by atoms with Crippen molar-refractivity contribution in [2.45, 2.75) is 32.7 Å². The standard InChI is InChI=1S/C27H30ClFN4O2/c1-16(19-10-11-33(4)25(34)14-19)15-31-26(30)17(2)20-8-9-23(24(29)13-20)27(35)32-18(3)21-6-5-7-22(28)12-21/h5-9,12-13,15,18-19H,1,10-11,14,30H2,2-4H3,(H,32,35)/b26-17+,31-15-/t18-,19-/m1/s1. The van der Waals surface area contributed by atoms with E-state index in [0.29, 0.717) is 29.1 Å². The maximum Gasteiger partial charge on any atom is 0.254 e. The van der Waals surface area contributed by atoms with E-state index < -0.39 is 11.7 Å². The predicted molar refractivity (Wildman–Crippen MR) is 139 cm³/mol. The fraction of sp³-hybridized carbons (Fsp3) is 0.296. The molecular formula is C27H30ClFN4O2. The van der Waals surface area contributed by atoms with Gasteiger partial charge in [0.1, 0.15) is 11.6 Å². The molecule has 3 N–H and O–H groups in total. The van der Waals surface area contributed by atoms with E-state index in [2.05, 4.69) is 16.9 Å². The molecule has 1 aliphatic rings. The molecule has 2 aromatic carbocycles. The van der Waals surface area contributed by atoms with Crippen LogP contribution >= 0.6 is 11.6 Å². The van der Waals surface area contributed by atoms with E-state index in [-0.39, 0.29) is 29.3 Å². The summed E-state index contributed by atoms with van der Waals surface area (Å²) in [4.78, 5) is 30.6. The monoisotopic (exact) mass is 496 g/mol. The summed E-state index contributed by atoms with van der Waals surface area (Å²) in [5.41, 5.74) is 8.67. The van der Waals surface area contributed by atoms with Crippen LogP contribution in [0.25, 0.3) is 5.57 Å². The average molecular weight is 497 g/mol. The molecule has 8 heteroatoms. The minimum absolute atomic E-state index is 0.0279. The highest BCUT2D eigenvalue weighted by atomic mass is 35.5. The lowest BCUT2D eigenvalue weighted by Crippen LogP contribution is -2.36. The summed E-state index contributed by atoms with van der Waals surface area (Å²) in [6.07, 6.45) is 2.78. The predicted octanol–water partition coefficient (Wildman–Crippen LogP) is 5.11. The Kier molecular flexibility index (Phi) is 8.46. The molecule has 1 aliphatic heterocycles. The molecule has 2 atom stereocenters. The molecule has 1 saturated heterocycles. The fourth-order valence-corrected chi connectivity index (χ4v) is 4.03. The molecule has 0 unspecified atom stereocenters. The van der Waals surface area contributed by atoms with Gasteiger partial charge in [0.25, 0.3) is 5.91 Å². The van der Waals surface area contributed by atoms with E-state index in [1.165, 1.54) is 12.1 Å². The summed E-state index contributed by atoms with van der Waals surface area (Å²) in [5, 5.41) is 3.35. The summed E-state index contributed by atoms with van der Waals surface area (Å²) in [5.74, 6) is -0.879. The van der Waals surface area contributed by atoms with Gasteiger partial charge < -0.3 is 16.0 Å². The van der Waals surface area contributed by atoms with Crippen LogP contribution in [0.1, 0.15) is 54.2 Å². The van der Waals surface area contributed by atoms with Crippen LogP contribution < -0.4 is 11.1 Å². The van der Waals surface area contributed by atoms with Crippen LogP contribution in [0.4, 0.5) is 4.39 Å². The van der Waals surface area contributed by atoms with Gasteiger partial charge in [0.2, 0.25) is 5.91 Å². The van der Waals surface area contributed by atoms with E-state index >= 15 is 0 Å². The lowest BCUT2D eigenvalue weighted by molar-refractivity contribution is -0.132. The number of nitrogens with one attached hydrogen (secondary N) is 1. The Bertz CT molecular complexity index is 1210. The Morgan fingerprint density at radius 2 is 2.09 bits per heavy atom. The van der Waals surface area contributed by atoms with E-state index in [0.717, 1.165) is 17.6 Å². The fourth-order valence-electron chi connectivity index (χ4n) is 3.83. The van der Waals surface area contributed by atoms with Crippen molar-refractivity contribution >= 4 is 35.2 Å². The van der Waals surface area contributed by atoms with Crippen LogP contribution in [-0.2, 0) is 4.79 Å². The summed E-state index contributed by atoms with van der Waals surface area (Å²) in [6.45, 7) is 8.23. The minimum atomic E-state index is -0.663. The van der Waals surface area contributed by atoms with Crippen LogP contribution in [-0.4, -0.2) is 36.5 Å². The number of allylic oxidation sites excluding steroid dienone is 2. The second kappa shape index (κ2) is 11.3. The van der Waals surface area contributed by atoms with E-state index in [1.54, 1.807) is 56.3 Å². The molecule has 35 heavy (non-hydrogen) atoms. The molecule has 1 heterocycles. The number of rotatable bonds is 7. The van der Waals surface area contributed by atoms with Gasteiger partial charge in [-0.25, -0.2) is 9.38 Å². The summed E-state index contributed by atoms with van der Waals surface area (Å²) < 4.78 is 14.8. The van der Waals surface area contributed by atoms with Crippen molar-refractivity contribution in [3.8, 4) is 0 Å². The Balaban J connectivity index is 1.69. The van der Waals surface area contributed by atoms with Gasteiger partial charge in [0, 0.05) is 31.3 Å². The molecule has 3 rings (SSSR count). The third-order valence-electron chi connectivity index (χ3n) is 6.28. The van der Waals surface area contributed by atoms with Crippen LogP contribution in [0, 0.1) is 11.7 Å². The molecule has 0 saturated carbocycles. The lowest BCUT2D eigenvalue weighted by Gasteiger charge is -2.28. The highest BCUT2D eigenvalue weighted by Crippen LogP contribution is 2.24. The van der Waals surface area contributed by atoms with Gasteiger partial charge in [-0.3, -0.25) is 9.59 Å². The van der Waals surface area contributed by atoms with Crippen LogP contribution in [0.15, 0.2) is 65.4 Å². The highest BCUT2D eigenvalue weighted by molar-refractivity contribution is 6.30. The smallest absolute Gasteiger partial charge is 0.254 e. The van der Waals surface area contributed by atoms with Gasteiger partial charge in [-0.15, -0.1) is 0 Å². The molecular weight excluding hydrogens is 467 g/mol. The van der Waals surface area contributed by atoms with E-state index in [1.807, 2.05) is 6.07 Å². The largest absolute Gasteiger partial charge is 0.383 e. The summed E-state index contributed by atoms with van der Waals surface area (Å²) in [6, 6.07) is 11.1. The van der Waals surface area contributed by atoms with Gasteiger partial charge in [-0.05, 0) is 72.7 Å². The number of carbonyl (C=O) groups is 2. The van der Waals surface area contributed by atoms with Crippen molar-refractivity contribution in [3.63, 3.8) is 0 Å². The van der Waals surface area contributed by atoms with Gasteiger partial charge >= 0.3 is 0 Å². The molecule has 6 nitrogen and oxygen atoms in total. The van der Waals surface area contributed by atoms with Gasteiger partial charge in [-0.2, -0.15) is 0 Å². The highest BCUT2D eigenvalue weighted by Gasteiger charge is 2.24. The maximum atomic E-state index is 14.8. The van der Waals surface area contributed by atoms with Gasteiger partial charge in [-0.1, -0.05) is 36.4 Å². The Hall–Kier alpha value is -3.45. The first-order valence-electron chi connectivity index (χ1n) is 11.4. The quantitative estimate of drug-likeness (QED) is 0.522.